The lowest BCUT2D eigenvalue weighted by molar-refractivity contribution is 1.64. The molecule has 0 fully saturated rings. The second-order valence-corrected chi connectivity index (χ2v) is 17.6. The van der Waals surface area contributed by atoms with E-state index in [9.17, 15) is 0 Å². The molecule has 2 aromatic heterocycles. The quantitative estimate of drug-likeness (QED) is 0.144. The van der Waals surface area contributed by atoms with Gasteiger partial charge in [-0.05, 0) is 101 Å². The molecule has 0 nitrogen and oxygen atoms in total. The molecule has 58 heavy (non-hydrogen) atoms. The molecule has 14 rings (SSSR count). The van der Waals surface area contributed by atoms with Gasteiger partial charge >= 0.3 is 0 Å². The molecule has 2 heterocycles. The standard InChI is InChI=1S/2C28H16S/c1-2-11-21-18(9-1)20-12-5-7-17-8-6-13-22(26(17)20)23-15-16-24-19-10-3-4-14-25(19)29-28(24)27(21)23;1-2-10-19-18(9-1)20-12-5-7-17-8-6-13-23(26(17)20)27-21(19)15-16-25-28(27)22-11-3-4-14-24(22)29-25/h2*1-16H. The van der Waals surface area contributed by atoms with Gasteiger partial charge in [-0.3, -0.25) is 0 Å². The lowest BCUT2D eigenvalue weighted by Crippen LogP contribution is -1.86. The van der Waals surface area contributed by atoms with Gasteiger partial charge in [0.1, 0.15) is 0 Å². The van der Waals surface area contributed by atoms with Gasteiger partial charge in [-0.1, -0.05) is 176 Å². The summed E-state index contributed by atoms with van der Waals surface area (Å²) >= 11 is 3.81. The summed E-state index contributed by atoms with van der Waals surface area (Å²) in [5.74, 6) is 0. The number of fused-ring (bicyclic) bond motifs is 18. The molecule has 0 radical (unpaired) electrons. The molecule has 12 aromatic rings. The number of hydrogen-bond acceptors (Lipinski definition) is 2. The summed E-state index contributed by atoms with van der Waals surface area (Å²) in [4.78, 5) is 0. The van der Waals surface area contributed by atoms with Gasteiger partial charge in [0.05, 0.1) is 0 Å². The fourth-order valence-electron chi connectivity index (χ4n) is 10.1. The summed E-state index contributed by atoms with van der Waals surface area (Å²) in [5, 5.41) is 10.8. The Hall–Kier alpha value is -6.84. The minimum Gasteiger partial charge on any atom is -0.135 e. The Kier molecular flexibility index (Phi) is 6.86. The fourth-order valence-corrected chi connectivity index (χ4v) is 12.4. The van der Waals surface area contributed by atoms with Crippen molar-refractivity contribution in [3.05, 3.63) is 194 Å². The van der Waals surface area contributed by atoms with Gasteiger partial charge in [-0.2, -0.15) is 0 Å². The van der Waals surface area contributed by atoms with Crippen LogP contribution in [0, 0.1) is 0 Å². The Bertz CT molecular complexity index is 3680. The smallest absolute Gasteiger partial charge is 0.0440 e. The van der Waals surface area contributed by atoms with Crippen molar-refractivity contribution >= 4 is 84.6 Å². The number of thiophene rings is 2. The van der Waals surface area contributed by atoms with Gasteiger partial charge in [0, 0.05) is 45.9 Å². The number of hydrogen-bond donors (Lipinski definition) is 0. The molecule has 2 aliphatic carbocycles. The lowest BCUT2D eigenvalue weighted by Gasteiger charge is -2.13. The zero-order valence-electron chi connectivity index (χ0n) is 31.3. The molecule has 268 valence electrons. The predicted molar refractivity (Wildman–Crippen MR) is 253 cm³/mol. The van der Waals surface area contributed by atoms with E-state index in [1.165, 1.54) is 129 Å². The molecule has 0 atom stereocenters. The van der Waals surface area contributed by atoms with Crippen LogP contribution in [0.25, 0.3) is 129 Å². The van der Waals surface area contributed by atoms with Crippen LogP contribution < -0.4 is 0 Å². The average molecular weight is 769 g/mol. The summed E-state index contributed by atoms with van der Waals surface area (Å²) in [6, 6.07) is 71.5. The Morgan fingerprint density at radius 1 is 0.224 bits per heavy atom. The van der Waals surface area contributed by atoms with Crippen LogP contribution in [0.2, 0.25) is 0 Å². The van der Waals surface area contributed by atoms with E-state index in [2.05, 4.69) is 194 Å². The van der Waals surface area contributed by atoms with Crippen LogP contribution in [0.5, 0.6) is 0 Å². The van der Waals surface area contributed by atoms with Crippen molar-refractivity contribution in [1.82, 2.24) is 0 Å². The second-order valence-electron chi connectivity index (χ2n) is 15.4. The van der Waals surface area contributed by atoms with Crippen molar-refractivity contribution in [3.8, 4) is 66.8 Å². The first kappa shape index (κ1) is 32.3. The van der Waals surface area contributed by atoms with Crippen molar-refractivity contribution in [1.29, 1.82) is 0 Å². The highest BCUT2D eigenvalue weighted by molar-refractivity contribution is 7.26. The van der Waals surface area contributed by atoms with Crippen LogP contribution in [0.3, 0.4) is 0 Å². The third-order valence-electron chi connectivity index (χ3n) is 12.5. The van der Waals surface area contributed by atoms with Crippen LogP contribution >= 0.6 is 22.7 Å². The largest absolute Gasteiger partial charge is 0.135 e. The molecule has 0 N–H and O–H groups in total. The number of benzene rings is 10. The minimum atomic E-state index is 1.30. The first-order valence-electron chi connectivity index (χ1n) is 19.9. The maximum atomic E-state index is 2.34. The average Bonchev–Trinajstić information content (AvgIpc) is 3.79. The van der Waals surface area contributed by atoms with Crippen molar-refractivity contribution in [2.75, 3.05) is 0 Å². The highest BCUT2D eigenvalue weighted by Crippen LogP contribution is 2.54. The van der Waals surface area contributed by atoms with Gasteiger partial charge in [0.15, 0.2) is 0 Å². The Morgan fingerprint density at radius 3 is 1.38 bits per heavy atom. The van der Waals surface area contributed by atoms with Crippen LogP contribution in [0.15, 0.2) is 194 Å². The molecule has 0 unspecified atom stereocenters. The van der Waals surface area contributed by atoms with E-state index in [0.717, 1.165) is 0 Å². The molecular weight excluding hydrogens is 737 g/mol. The van der Waals surface area contributed by atoms with Crippen LogP contribution in [0.4, 0.5) is 0 Å². The first-order valence-corrected chi connectivity index (χ1v) is 21.6. The van der Waals surface area contributed by atoms with E-state index in [0.29, 0.717) is 0 Å². The van der Waals surface area contributed by atoms with Crippen molar-refractivity contribution in [2.24, 2.45) is 0 Å². The summed E-state index contributed by atoms with van der Waals surface area (Å²) in [6.07, 6.45) is 0. The molecule has 2 heteroatoms. The third-order valence-corrected chi connectivity index (χ3v) is 14.8. The molecule has 10 aromatic carbocycles. The minimum absolute atomic E-state index is 1.30. The van der Waals surface area contributed by atoms with E-state index < -0.39 is 0 Å². The molecule has 0 saturated heterocycles. The van der Waals surface area contributed by atoms with Crippen molar-refractivity contribution < 1.29 is 0 Å². The summed E-state index contributed by atoms with van der Waals surface area (Å²) < 4.78 is 5.46. The topological polar surface area (TPSA) is 0 Å². The zero-order valence-corrected chi connectivity index (χ0v) is 32.9. The maximum absolute atomic E-state index is 2.34. The van der Waals surface area contributed by atoms with E-state index in [1.807, 2.05) is 22.7 Å². The van der Waals surface area contributed by atoms with Crippen molar-refractivity contribution in [2.45, 2.75) is 0 Å². The molecular formula is C56H32S2. The monoisotopic (exact) mass is 768 g/mol. The van der Waals surface area contributed by atoms with E-state index >= 15 is 0 Å². The molecule has 0 aliphatic heterocycles. The molecule has 0 spiro atoms. The van der Waals surface area contributed by atoms with Gasteiger partial charge in [-0.15, -0.1) is 22.7 Å². The summed E-state index contributed by atoms with van der Waals surface area (Å²) in [6.45, 7) is 0. The third kappa shape index (κ3) is 4.50. The van der Waals surface area contributed by atoms with Gasteiger partial charge < -0.3 is 0 Å². The van der Waals surface area contributed by atoms with Gasteiger partial charge in [-0.25, -0.2) is 0 Å². The fraction of sp³-hybridized carbons (Fsp3) is 0. The SMILES string of the molecule is c1ccc2c(c1)-c1c(ccc3c1sc1ccccc13)-c1cccc3cccc-2c13.c1ccc2c(c1)-c1ccc3sc4ccccc4c3c1-c1cccc3cccc-2c13. The second kappa shape index (κ2) is 12.3. The van der Waals surface area contributed by atoms with E-state index in [-0.39, 0.29) is 0 Å². The zero-order chi connectivity index (χ0) is 37.9. The molecule has 0 saturated carbocycles. The Balaban J connectivity index is 0.000000121. The van der Waals surface area contributed by atoms with Crippen LogP contribution in [0.1, 0.15) is 0 Å². The summed E-state index contributed by atoms with van der Waals surface area (Å²) in [7, 11) is 0. The van der Waals surface area contributed by atoms with Gasteiger partial charge in [0.25, 0.3) is 0 Å². The molecule has 0 amide bonds. The maximum Gasteiger partial charge on any atom is 0.0440 e. The molecule has 2 aliphatic rings. The highest BCUT2D eigenvalue weighted by atomic mass is 32.1. The first-order chi connectivity index (χ1) is 28.8. The van der Waals surface area contributed by atoms with E-state index in [1.54, 1.807) is 0 Å². The normalized spacial score (nSPS) is 12.1. The van der Waals surface area contributed by atoms with Crippen LogP contribution in [-0.4, -0.2) is 0 Å². The van der Waals surface area contributed by atoms with Gasteiger partial charge in [0.2, 0.25) is 0 Å². The lowest BCUT2D eigenvalue weighted by atomic mass is 9.90. The van der Waals surface area contributed by atoms with Crippen molar-refractivity contribution in [3.63, 3.8) is 0 Å². The van der Waals surface area contributed by atoms with Crippen LogP contribution in [-0.2, 0) is 0 Å². The number of rotatable bonds is 0. The molecule has 0 bridgehead atoms. The van der Waals surface area contributed by atoms with E-state index in [4.69, 9.17) is 0 Å². The summed E-state index contributed by atoms with van der Waals surface area (Å²) in [5.41, 5.74) is 16.1. The Morgan fingerprint density at radius 2 is 0.690 bits per heavy atom. The predicted octanol–water partition coefficient (Wildman–Crippen LogP) is 17.0. The highest BCUT2D eigenvalue weighted by Gasteiger charge is 2.26. The Labute approximate surface area is 343 Å².